The third-order valence-electron chi connectivity index (χ3n) is 4.23. The van der Waals surface area contributed by atoms with E-state index in [9.17, 15) is 0 Å². The summed E-state index contributed by atoms with van der Waals surface area (Å²) in [5, 5.41) is 1.20. The monoisotopic (exact) mass is 294 g/mol. The molecule has 2 fully saturated rings. The van der Waals surface area contributed by atoms with Crippen LogP contribution >= 0.6 is 11.8 Å². The molecule has 0 bridgehead atoms. The number of hydrogen-bond donors (Lipinski definition) is 2. The number of nitrogens with zero attached hydrogens (tertiary/aromatic N) is 2. The fraction of sp³-hybridized carbons (Fsp3) is 0.714. The van der Waals surface area contributed by atoms with E-state index in [1.807, 2.05) is 0 Å². The maximum Gasteiger partial charge on any atom is 0.191 e. The van der Waals surface area contributed by atoms with Crippen molar-refractivity contribution in [2.75, 3.05) is 18.1 Å². The molecule has 1 spiro atoms. The lowest BCUT2D eigenvalue weighted by Crippen LogP contribution is -2.42. The minimum Gasteiger partial charge on any atom is -0.383 e. The maximum absolute atomic E-state index is 6.12. The normalized spacial score (nSPS) is 25.7. The Balaban J connectivity index is 1.67. The Labute approximate surface area is 123 Å². The van der Waals surface area contributed by atoms with E-state index in [1.165, 1.54) is 32.1 Å². The van der Waals surface area contributed by atoms with Gasteiger partial charge in [0.2, 0.25) is 0 Å². The summed E-state index contributed by atoms with van der Waals surface area (Å²) in [6, 6.07) is 1.59. The maximum atomic E-state index is 6.12. The Hall–Kier alpha value is -1.01. The Kier molecular flexibility index (Phi) is 4.03. The molecule has 20 heavy (non-hydrogen) atoms. The number of ether oxygens (including phenoxy) is 1. The average molecular weight is 294 g/mol. The molecule has 6 heteroatoms. The smallest absolute Gasteiger partial charge is 0.191 e. The van der Waals surface area contributed by atoms with Crippen LogP contribution in [0.1, 0.15) is 44.9 Å². The summed E-state index contributed by atoms with van der Waals surface area (Å²) in [5.74, 6) is 0.888. The molecule has 0 radical (unpaired) electrons. The number of anilines is 2. The van der Waals surface area contributed by atoms with Crippen molar-refractivity contribution in [1.82, 2.24) is 9.97 Å². The lowest BCUT2D eigenvalue weighted by molar-refractivity contribution is -0.0971. The third kappa shape index (κ3) is 3.17. The summed E-state index contributed by atoms with van der Waals surface area (Å²) in [6.45, 7) is 0.843. The van der Waals surface area contributed by atoms with Crippen LogP contribution in [0.25, 0.3) is 0 Å². The minimum absolute atomic E-state index is 0.111. The third-order valence-corrected chi connectivity index (χ3v) is 5.36. The first kappa shape index (κ1) is 13.9. The van der Waals surface area contributed by atoms with Gasteiger partial charge < -0.3 is 16.2 Å². The predicted octanol–water partition coefficient (Wildman–Crippen LogP) is 2.62. The summed E-state index contributed by atoms with van der Waals surface area (Å²) >= 11 is 1.70. The molecule has 1 unspecified atom stereocenters. The van der Waals surface area contributed by atoms with Gasteiger partial charge in [0.05, 0.1) is 5.60 Å². The van der Waals surface area contributed by atoms with Crippen molar-refractivity contribution >= 4 is 23.4 Å². The van der Waals surface area contributed by atoms with Crippen molar-refractivity contribution in [3.8, 4) is 0 Å². The van der Waals surface area contributed by atoms with Gasteiger partial charge in [0, 0.05) is 17.9 Å². The highest BCUT2D eigenvalue weighted by atomic mass is 32.2. The molecule has 3 rings (SSSR count). The van der Waals surface area contributed by atoms with Crippen LogP contribution in [0.3, 0.4) is 0 Å². The van der Waals surface area contributed by atoms with Crippen LogP contribution in [-0.2, 0) is 4.74 Å². The van der Waals surface area contributed by atoms with E-state index in [-0.39, 0.29) is 5.60 Å². The van der Waals surface area contributed by atoms with Crippen LogP contribution in [0, 0.1) is 0 Å². The minimum atomic E-state index is 0.111. The fourth-order valence-corrected chi connectivity index (χ4v) is 4.51. The van der Waals surface area contributed by atoms with Gasteiger partial charge in [0.15, 0.2) is 5.16 Å². The Morgan fingerprint density at radius 3 is 2.55 bits per heavy atom. The first-order valence-electron chi connectivity index (χ1n) is 7.36. The van der Waals surface area contributed by atoms with Crippen molar-refractivity contribution in [3.05, 3.63) is 6.07 Å². The number of rotatable bonds is 2. The van der Waals surface area contributed by atoms with Gasteiger partial charge in [-0.25, -0.2) is 9.97 Å². The molecule has 2 heterocycles. The number of nitrogens with two attached hydrogens (primary N) is 2. The molecule has 1 atom stereocenters. The van der Waals surface area contributed by atoms with E-state index in [2.05, 4.69) is 9.97 Å². The van der Waals surface area contributed by atoms with Crippen LogP contribution in [0.5, 0.6) is 0 Å². The molecule has 1 saturated carbocycles. The van der Waals surface area contributed by atoms with Gasteiger partial charge in [0.1, 0.15) is 11.6 Å². The fourth-order valence-electron chi connectivity index (χ4n) is 3.29. The van der Waals surface area contributed by atoms with Gasteiger partial charge in [-0.05, 0) is 25.7 Å². The number of hydrogen-bond acceptors (Lipinski definition) is 6. The molecule has 0 aromatic carbocycles. The van der Waals surface area contributed by atoms with Crippen LogP contribution in [0.4, 0.5) is 11.6 Å². The zero-order valence-corrected chi connectivity index (χ0v) is 12.5. The van der Waals surface area contributed by atoms with Crippen molar-refractivity contribution < 1.29 is 4.74 Å². The Morgan fingerprint density at radius 1 is 1.15 bits per heavy atom. The van der Waals surface area contributed by atoms with E-state index in [0.717, 1.165) is 19.4 Å². The first-order chi connectivity index (χ1) is 9.65. The molecule has 110 valence electrons. The van der Waals surface area contributed by atoms with Gasteiger partial charge in [-0.3, -0.25) is 0 Å². The molecule has 0 amide bonds. The quantitative estimate of drug-likeness (QED) is 0.815. The summed E-state index contributed by atoms with van der Waals surface area (Å²) in [5.41, 5.74) is 11.6. The van der Waals surface area contributed by atoms with Crippen LogP contribution in [-0.4, -0.2) is 27.4 Å². The first-order valence-corrected chi connectivity index (χ1v) is 8.24. The van der Waals surface area contributed by atoms with E-state index < -0.39 is 0 Å². The lowest BCUT2D eigenvalue weighted by Gasteiger charge is -2.43. The van der Waals surface area contributed by atoms with Crippen molar-refractivity contribution in [1.29, 1.82) is 0 Å². The summed E-state index contributed by atoms with van der Waals surface area (Å²) < 4.78 is 6.12. The number of thioether (sulfide) groups is 1. The van der Waals surface area contributed by atoms with Gasteiger partial charge >= 0.3 is 0 Å². The molecule has 1 aromatic rings. The van der Waals surface area contributed by atoms with Crippen LogP contribution < -0.4 is 11.5 Å². The Morgan fingerprint density at radius 2 is 1.85 bits per heavy atom. The number of nitrogen functional groups attached to an aromatic ring is 2. The van der Waals surface area contributed by atoms with Crippen LogP contribution in [0.15, 0.2) is 11.2 Å². The van der Waals surface area contributed by atoms with E-state index in [1.54, 1.807) is 17.8 Å². The zero-order chi connectivity index (χ0) is 14.0. The van der Waals surface area contributed by atoms with Crippen molar-refractivity contribution in [2.45, 2.75) is 61.0 Å². The largest absolute Gasteiger partial charge is 0.383 e. The molecule has 4 N–H and O–H groups in total. The average Bonchev–Trinajstić information content (AvgIpc) is 2.38. The molecule has 1 aliphatic heterocycles. The van der Waals surface area contributed by atoms with Crippen molar-refractivity contribution in [2.24, 2.45) is 0 Å². The summed E-state index contributed by atoms with van der Waals surface area (Å²) in [4.78, 5) is 8.54. The molecule has 5 nitrogen and oxygen atoms in total. The van der Waals surface area contributed by atoms with Gasteiger partial charge in [-0.15, -0.1) is 0 Å². The van der Waals surface area contributed by atoms with Gasteiger partial charge in [0.25, 0.3) is 0 Å². The van der Waals surface area contributed by atoms with Crippen molar-refractivity contribution in [3.63, 3.8) is 0 Å². The van der Waals surface area contributed by atoms with Crippen LogP contribution in [0.2, 0.25) is 0 Å². The molecular formula is C14H22N4OS. The molecule has 2 aliphatic rings. The Bertz CT molecular complexity index is 450. The van der Waals surface area contributed by atoms with Gasteiger partial charge in [-0.1, -0.05) is 31.0 Å². The molecule has 1 aromatic heterocycles. The highest BCUT2D eigenvalue weighted by Crippen LogP contribution is 2.42. The highest BCUT2D eigenvalue weighted by Gasteiger charge is 2.38. The van der Waals surface area contributed by atoms with E-state index >= 15 is 0 Å². The second-order valence-electron chi connectivity index (χ2n) is 5.83. The second kappa shape index (κ2) is 5.77. The van der Waals surface area contributed by atoms with E-state index in [0.29, 0.717) is 22.0 Å². The lowest BCUT2D eigenvalue weighted by atomic mass is 9.80. The highest BCUT2D eigenvalue weighted by molar-refractivity contribution is 7.99. The van der Waals surface area contributed by atoms with E-state index in [4.69, 9.17) is 16.2 Å². The summed E-state index contributed by atoms with van der Waals surface area (Å²) in [7, 11) is 0. The molecular weight excluding hydrogens is 272 g/mol. The SMILES string of the molecule is Nc1cc(N)nc(SC2CCOC3(CCCCC3)C2)n1. The molecule has 1 saturated heterocycles. The predicted molar refractivity (Wildman–Crippen MR) is 81.5 cm³/mol. The standard InChI is InChI=1S/C14H22N4OS/c15-11-8-12(16)18-13(17-11)20-10-4-7-19-14(9-10)5-2-1-3-6-14/h8,10H,1-7,9H2,(H4,15,16,17,18). The summed E-state index contributed by atoms with van der Waals surface area (Å²) in [6.07, 6.45) is 8.46. The zero-order valence-electron chi connectivity index (χ0n) is 11.7. The topological polar surface area (TPSA) is 87.1 Å². The second-order valence-corrected chi connectivity index (χ2v) is 7.09. The van der Waals surface area contributed by atoms with Gasteiger partial charge in [-0.2, -0.15) is 0 Å². The molecule has 1 aliphatic carbocycles. The number of aromatic nitrogens is 2.